The Labute approximate surface area is 204 Å². The van der Waals surface area contributed by atoms with E-state index in [0.29, 0.717) is 16.5 Å². The molecule has 0 spiro atoms. The van der Waals surface area contributed by atoms with Gasteiger partial charge in [0.05, 0.1) is 17.9 Å². The number of hydrogen-bond donors (Lipinski definition) is 3. The van der Waals surface area contributed by atoms with Crippen molar-refractivity contribution in [2.45, 2.75) is 32.7 Å². The maximum absolute atomic E-state index is 12.6. The molecule has 11 heteroatoms. The molecule has 0 aliphatic heterocycles. The van der Waals surface area contributed by atoms with Gasteiger partial charge in [-0.3, -0.25) is 15.1 Å². The molecule has 0 unspecified atom stereocenters. The Bertz CT molecular complexity index is 1430. The number of carbonyl (C=O) groups excluding carboxylic acids is 1. The second-order valence-corrected chi connectivity index (χ2v) is 10.1. The van der Waals surface area contributed by atoms with E-state index in [4.69, 9.17) is 16.7 Å². The number of urea groups is 1. The van der Waals surface area contributed by atoms with E-state index >= 15 is 0 Å². The molecule has 2 amide bonds. The second kappa shape index (κ2) is 9.32. The molecular formula is C23H23ClN6O3S. The van der Waals surface area contributed by atoms with E-state index in [1.807, 2.05) is 51.1 Å². The fraction of sp³-hybridized carbons (Fsp3) is 0.217. The normalized spacial score (nSPS) is 11.4. The fourth-order valence-electron chi connectivity index (χ4n) is 3.17. The lowest BCUT2D eigenvalue weighted by molar-refractivity contribution is 0.262. The number of hydrogen-bond acceptors (Lipinski definition) is 5. The molecule has 2 aromatic heterocycles. The van der Waals surface area contributed by atoms with E-state index in [2.05, 4.69) is 15.6 Å². The third-order valence-corrected chi connectivity index (χ3v) is 5.99. The number of carbonyl (C=O) groups is 1. The van der Waals surface area contributed by atoms with Gasteiger partial charge in [0, 0.05) is 33.7 Å². The van der Waals surface area contributed by atoms with Gasteiger partial charge in [0.2, 0.25) is 0 Å². The van der Waals surface area contributed by atoms with Crippen LogP contribution in [-0.2, 0) is 12.0 Å². The molecule has 0 atom stereocenters. The number of anilines is 2. The summed E-state index contributed by atoms with van der Waals surface area (Å²) in [4.78, 5) is 37.6. The molecule has 0 bridgehead atoms. The van der Waals surface area contributed by atoms with Crippen LogP contribution < -0.4 is 21.2 Å². The minimum atomic E-state index is -0.431. The van der Waals surface area contributed by atoms with Gasteiger partial charge in [-0.05, 0) is 42.0 Å². The molecular weight excluding hydrogens is 476 g/mol. The molecule has 4 aromatic rings. The second-order valence-electron chi connectivity index (χ2n) is 8.67. The van der Waals surface area contributed by atoms with Gasteiger partial charge in [-0.15, -0.1) is 0 Å². The van der Waals surface area contributed by atoms with Crippen LogP contribution in [0.1, 0.15) is 32.0 Å². The minimum Gasteiger partial charge on any atom is -0.308 e. The fourth-order valence-corrected chi connectivity index (χ4v) is 3.97. The van der Waals surface area contributed by atoms with Gasteiger partial charge < -0.3 is 5.32 Å². The van der Waals surface area contributed by atoms with E-state index in [9.17, 15) is 14.4 Å². The van der Waals surface area contributed by atoms with Crippen molar-refractivity contribution in [2.24, 2.45) is 0 Å². The monoisotopic (exact) mass is 498 g/mol. The molecule has 0 radical (unpaired) electrons. The number of amides is 2. The van der Waals surface area contributed by atoms with E-state index in [1.165, 1.54) is 3.96 Å². The molecule has 176 valence electrons. The van der Waals surface area contributed by atoms with Crippen LogP contribution in [0.3, 0.4) is 0 Å². The van der Waals surface area contributed by atoms with Crippen LogP contribution >= 0.6 is 23.1 Å². The van der Waals surface area contributed by atoms with Gasteiger partial charge in [-0.25, -0.2) is 18.2 Å². The first kappa shape index (κ1) is 23.5. The number of H-pyrrole nitrogens is 1. The van der Waals surface area contributed by atoms with Gasteiger partial charge in [0.1, 0.15) is 5.82 Å². The lowest BCUT2D eigenvalue weighted by atomic mass is 9.92. The standard InChI is InChI=1S/C23H23ClN6O3S/c1-23(2,3)18-12-19(26-20(31)25-16-8-6-15(24)7-9-16)30(28-18)17-10-4-14(5-11-17)13-29-21(32)27-22(33)34-29/h4-12H,13H2,1-3H3,(H2,25,26,31)(H,27,32,33). The number of aromatic amines is 1. The van der Waals surface area contributed by atoms with Crippen LogP contribution in [0, 0.1) is 0 Å². The number of rotatable bonds is 5. The molecule has 4 rings (SSSR count). The summed E-state index contributed by atoms with van der Waals surface area (Å²) in [6.07, 6.45) is 0. The highest BCUT2D eigenvalue weighted by Gasteiger charge is 2.21. The molecule has 2 heterocycles. The van der Waals surface area contributed by atoms with Crippen molar-refractivity contribution >= 4 is 40.7 Å². The molecule has 0 aliphatic rings. The summed E-state index contributed by atoms with van der Waals surface area (Å²) in [5.41, 5.74) is 2.33. The maximum Gasteiger partial charge on any atom is 0.338 e. The Morgan fingerprint density at radius 3 is 2.32 bits per heavy atom. The SMILES string of the molecule is CC(C)(C)c1cc(NC(=O)Nc2ccc(Cl)cc2)n(-c2ccc(Cn3sc(=O)[nH]c3=O)cc2)n1. The average Bonchev–Trinajstić information content (AvgIpc) is 3.33. The van der Waals surface area contributed by atoms with Crippen molar-refractivity contribution in [3.05, 3.63) is 91.0 Å². The van der Waals surface area contributed by atoms with Crippen LogP contribution in [0.4, 0.5) is 16.3 Å². The topological polar surface area (TPSA) is 114 Å². The van der Waals surface area contributed by atoms with E-state index in [0.717, 1.165) is 28.5 Å². The van der Waals surface area contributed by atoms with Gasteiger partial charge in [0.15, 0.2) is 0 Å². The zero-order valence-electron chi connectivity index (χ0n) is 18.8. The smallest absolute Gasteiger partial charge is 0.308 e. The summed E-state index contributed by atoms with van der Waals surface area (Å²) < 4.78 is 3.02. The Hall–Kier alpha value is -3.63. The highest BCUT2D eigenvalue weighted by atomic mass is 35.5. The summed E-state index contributed by atoms with van der Waals surface area (Å²) >= 11 is 6.75. The van der Waals surface area contributed by atoms with Crippen LogP contribution in [-0.4, -0.2) is 24.8 Å². The Morgan fingerprint density at radius 1 is 1.06 bits per heavy atom. The van der Waals surface area contributed by atoms with Crippen molar-refractivity contribution in [2.75, 3.05) is 10.6 Å². The van der Waals surface area contributed by atoms with Crippen LogP contribution in [0.25, 0.3) is 5.69 Å². The maximum atomic E-state index is 12.6. The molecule has 0 saturated heterocycles. The average molecular weight is 499 g/mol. The third kappa shape index (κ3) is 5.46. The van der Waals surface area contributed by atoms with Crippen LogP contribution in [0.5, 0.6) is 0 Å². The zero-order chi connectivity index (χ0) is 24.5. The van der Waals surface area contributed by atoms with Crippen molar-refractivity contribution in [1.29, 1.82) is 0 Å². The first-order valence-corrected chi connectivity index (χ1v) is 11.6. The highest BCUT2D eigenvalue weighted by molar-refractivity contribution is 7.03. The van der Waals surface area contributed by atoms with Gasteiger partial charge >= 0.3 is 16.6 Å². The number of halogens is 1. The minimum absolute atomic E-state index is 0.235. The summed E-state index contributed by atoms with van der Waals surface area (Å²) in [7, 11) is 0. The molecule has 9 nitrogen and oxygen atoms in total. The van der Waals surface area contributed by atoms with Gasteiger partial charge in [-0.1, -0.05) is 44.5 Å². The number of benzene rings is 2. The Balaban J connectivity index is 1.59. The lowest BCUT2D eigenvalue weighted by Gasteiger charge is -2.14. The van der Waals surface area contributed by atoms with Crippen LogP contribution in [0.15, 0.2) is 64.2 Å². The predicted octanol–water partition coefficient (Wildman–Crippen LogP) is 4.43. The summed E-state index contributed by atoms with van der Waals surface area (Å²) in [6.45, 7) is 6.41. The quantitative estimate of drug-likeness (QED) is 0.377. The Kier molecular flexibility index (Phi) is 6.45. The molecule has 3 N–H and O–H groups in total. The Morgan fingerprint density at radius 2 is 1.74 bits per heavy atom. The predicted molar refractivity (Wildman–Crippen MR) is 135 cm³/mol. The van der Waals surface area contributed by atoms with Crippen molar-refractivity contribution < 1.29 is 4.79 Å². The molecule has 0 fully saturated rings. The van der Waals surface area contributed by atoms with Crippen molar-refractivity contribution in [3.8, 4) is 5.69 Å². The van der Waals surface area contributed by atoms with Crippen LogP contribution in [0.2, 0.25) is 5.02 Å². The summed E-state index contributed by atoms with van der Waals surface area (Å²) in [5.74, 6) is 0.504. The van der Waals surface area contributed by atoms with E-state index in [1.54, 1.807) is 28.9 Å². The lowest BCUT2D eigenvalue weighted by Crippen LogP contribution is -2.21. The number of aromatic nitrogens is 4. The number of nitrogens with one attached hydrogen (secondary N) is 3. The van der Waals surface area contributed by atoms with Crippen molar-refractivity contribution in [1.82, 2.24) is 18.7 Å². The summed E-state index contributed by atoms with van der Waals surface area (Å²) in [6, 6.07) is 15.6. The first-order valence-electron chi connectivity index (χ1n) is 10.4. The third-order valence-electron chi connectivity index (χ3n) is 4.96. The molecule has 0 saturated carbocycles. The summed E-state index contributed by atoms with van der Waals surface area (Å²) in [5, 5.41) is 10.9. The first-order chi connectivity index (χ1) is 16.1. The van der Waals surface area contributed by atoms with Crippen molar-refractivity contribution in [3.63, 3.8) is 0 Å². The molecule has 34 heavy (non-hydrogen) atoms. The van der Waals surface area contributed by atoms with E-state index in [-0.39, 0.29) is 16.8 Å². The largest absolute Gasteiger partial charge is 0.338 e. The van der Waals surface area contributed by atoms with Gasteiger partial charge in [-0.2, -0.15) is 5.10 Å². The van der Waals surface area contributed by atoms with E-state index < -0.39 is 11.7 Å². The molecule has 2 aromatic carbocycles. The van der Waals surface area contributed by atoms with Gasteiger partial charge in [0.25, 0.3) is 0 Å². The highest BCUT2D eigenvalue weighted by Crippen LogP contribution is 2.27. The molecule has 0 aliphatic carbocycles. The number of nitrogens with zero attached hydrogens (tertiary/aromatic N) is 3. The zero-order valence-corrected chi connectivity index (χ0v) is 20.3.